The molecule has 1 heterocycles. The minimum absolute atomic E-state index is 0.164. The van der Waals surface area contributed by atoms with Gasteiger partial charge in [-0.1, -0.05) is 13.8 Å². The van der Waals surface area contributed by atoms with E-state index in [1.54, 1.807) is 6.07 Å². The zero-order chi connectivity index (χ0) is 15.0. The lowest BCUT2D eigenvalue weighted by atomic mass is 9.68. The molecule has 0 radical (unpaired) electrons. The molecule has 3 rings (SSSR count). The first-order chi connectivity index (χ1) is 9.99. The lowest BCUT2D eigenvalue weighted by molar-refractivity contribution is -0.124. The third-order valence-electron chi connectivity index (χ3n) is 4.79. The number of benzene rings is 1. The van der Waals surface area contributed by atoms with Gasteiger partial charge >= 0.3 is 0 Å². The lowest BCUT2D eigenvalue weighted by Gasteiger charge is -2.38. The Morgan fingerprint density at radius 1 is 1.48 bits per heavy atom. The fourth-order valence-corrected chi connectivity index (χ4v) is 3.14. The highest BCUT2D eigenvalue weighted by atomic mass is 16.1. The van der Waals surface area contributed by atoms with Gasteiger partial charge in [0.15, 0.2) is 0 Å². The predicted molar refractivity (Wildman–Crippen MR) is 80.6 cm³/mol. The van der Waals surface area contributed by atoms with Gasteiger partial charge in [-0.2, -0.15) is 5.26 Å². The number of hydrogen-bond acceptors (Lipinski definition) is 3. The zero-order valence-electron chi connectivity index (χ0n) is 12.5. The summed E-state index contributed by atoms with van der Waals surface area (Å²) >= 11 is 0. The highest BCUT2D eigenvalue weighted by molar-refractivity contribution is 5.80. The van der Waals surface area contributed by atoms with E-state index in [2.05, 4.69) is 29.5 Å². The van der Waals surface area contributed by atoms with Crippen LogP contribution in [0.25, 0.3) is 11.0 Å². The van der Waals surface area contributed by atoms with E-state index in [4.69, 9.17) is 5.26 Å². The first-order valence-corrected chi connectivity index (χ1v) is 7.36. The maximum Gasteiger partial charge on any atom is 0.133 e. The average Bonchev–Trinajstić information content (AvgIpc) is 2.85. The zero-order valence-corrected chi connectivity index (χ0v) is 12.5. The molecule has 0 saturated heterocycles. The van der Waals surface area contributed by atoms with Crippen molar-refractivity contribution in [2.45, 2.75) is 39.7 Å². The van der Waals surface area contributed by atoms with Crippen LogP contribution in [0.1, 0.15) is 38.7 Å². The van der Waals surface area contributed by atoms with Crippen LogP contribution in [0.4, 0.5) is 0 Å². The van der Waals surface area contributed by atoms with E-state index in [9.17, 15) is 4.79 Å². The molecule has 2 aromatic rings. The summed E-state index contributed by atoms with van der Waals surface area (Å²) in [6.07, 6.45) is 4.12. The second-order valence-electron chi connectivity index (χ2n) is 6.64. The van der Waals surface area contributed by atoms with Crippen molar-refractivity contribution in [3.8, 4) is 6.07 Å². The quantitative estimate of drug-likeness (QED) is 0.848. The number of fused-ring (bicyclic) bond motifs is 1. The molecule has 1 fully saturated rings. The van der Waals surface area contributed by atoms with Crippen LogP contribution in [-0.2, 0) is 11.3 Å². The Bertz CT molecular complexity index is 736. The van der Waals surface area contributed by atoms with E-state index >= 15 is 0 Å². The number of hydrogen-bond donors (Lipinski definition) is 0. The highest BCUT2D eigenvalue weighted by Gasteiger charge is 2.35. The number of Topliss-reactive ketones (excluding diaryl/α,β-unsaturated/α-hetero) is 1. The normalized spacial score (nSPS) is 21.4. The number of nitriles is 1. The molecule has 1 unspecified atom stereocenters. The Labute approximate surface area is 124 Å². The Morgan fingerprint density at radius 2 is 2.29 bits per heavy atom. The van der Waals surface area contributed by atoms with Gasteiger partial charge in [-0.25, -0.2) is 4.98 Å². The Kier molecular flexibility index (Phi) is 3.29. The summed E-state index contributed by atoms with van der Waals surface area (Å²) in [5.41, 5.74) is 2.68. The van der Waals surface area contributed by atoms with Gasteiger partial charge in [0, 0.05) is 19.4 Å². The second kappa shape index (κ2) is 5.00. The number of carbonyl (C=O) groups is 1. The molecular weight excluding hydrogens is 262 g/mol. The molecule has 108 valence electrons. The van der Waals surface area contributed by atoms with Gasteiger partial charge in [0.2, 0.25) is 0 Å². The van der Waals surface area contributed by atoms with Gasteiger partial charge in [0.25, 0.3) is 0 Å². The first kappa shape index (κ1) is 13.8. The van der Waals surface area contributed by atoms with E-state index in [0.717, 1.165) is 24.0 Å². The largest absolute Gasteiger partial charge is 0.330 e. The van der Waals surface area contributed by atoms with Crippen LogP contribution >= 0.6 is 0 Å². The maximum atomic E-state index is 11.8. The van der Waals surface area contributed by atoms with Crippen LogP contribution in [0.15, 0.2) is 24.5 Å². The van der Waals surface area contributed by atoms with Crippen LogP contribution in [-0.4, -0.2) is 15.3 Å². The fraction of sp³-hybridized carbons (Fsp3) is 0.471. The van der Waals surface area contributed by atoms with Crippen LogP contribution < -0.4 is 0 Å². The minimum Gasteiger partial charge on any atom is -0.330 e. The smallest absolute Gasteiger partial charge is 0.133 e. The minimum atomic E-state index is 0.164. The first-order valence-electron chi connectivity index (χ1n) is 7.36. The molecule has 4 nitrogen and oxygen atoms in total. The van der Waals surface area contributed by atoms with Gasteiger partial charge in [-0.15, -0.1) is 0 Å². The topological polar surface area (TPSA) is 58.7 Å². The molecule has 0 amide bonds. The standard InChI is InChI=1S/C17H19N3O/c1-17(2)6-5-14(21)8-13(17)10-20-11-19-15-4-3-12(9-18)7-16(15)20/h3-4,7,11,13H,5-6,8,10H2,1-2H3. The number of imidazole rings is 1. The van der Waals surface area contributed by atoms with Gasteiger partial charge < -0.3 is 4.57 Å². The molecule has 0 aliphatic heterocycles. The molecule has 1 aliphatic carbocycles. The van der Waals surface area contributed by atoms with Crippen LogP contribution in [0.2, 0.25) is 0 Å². The van der Waals surface area contributed by atoms with Crippen molar-refractivity contribution in [3.05, 3.63) is 30.1 Å². The predicted octanol–water partition coefficient (Wildman–Crippen LogP) is 3.30. The van der Waals surface area contributed by atoms with Gasteiger partial charge in [-0.3, -0.25) is 4.79 Å². The van der Waals surface area contributed by atoms with Gasteiger partial charge in [0.05, 0.1) is 29.0 Å². The molecule has 1 aromatic heterocycles. The van der Waals surface area contributed by atoms with Crippen molar-refractivity contribution < 1.29 is 4.79 Å². The second-order valence-corrected chi connectivity index (χ2v) is 6.64. The number of nitrogens with zero attached hydrogens (tertiary/aromatic N) is 3. The van der Waals surface area contributed by atoms with Crippen LogP contribution in [0.3, 0.4) is 0 Å². The van der Waals surface area contributed by atoms with E-state index < -0.39 is 0 Å². The number of rotatable bonds is 2. The molecule has 4 heteroatoms. The summed E-state index contributed by atoms with van der Waals surface area (Å²) < 4.78 is 2.08. The lowest BCUT2D eigenvalue weighted by Crippen LogP contribution is -2.34. The summed E-state index contributed by atoms with van der Waals surface area (Å²) in [5, 5.41) is 9.04. The molecule has 0 N–H and O–H groups in total. The number of aromatic nitrogens is 2. The van der Waals surface area contributed by atoms with Crippen molar-refractivity contribution in [2.75, 3.05) is 0 Å². The van der Waals surface area contributed by atoms with Crippen molar-refractivity contribution >= 4 is 16.8 Å². The summed E-state index contributed by atoms with van der Waals surface area (Å²) in [7, 11) is 0. The van der Waals surface area contributed by atoms with Gasteiger partial charge in [0.1, 0.15) is 5.78 Å². The molecule has 0 spiro atoms. The molecule has 1 aliphatic rings. The molecule has 1 saturated carbocycles. The Hall–Kier alpha value is -2.15. The molecule has 0 bridgehead atoms. The van der Waals surface area contributed by atoms with E-state index in [1.165, 1.54) is 0 Å². The third-order valence-corrected chi connectivity index (χ3v) is 4.79. The van der Waals surface area contributed by atoms with Crippen molar-refractivity contribution in [1.29, 1.82) is 5.26 Å². The Morgan fingerprint density at radius 3 is 3.05 bits per heavy atom. The van der Waals surface area contributed by atoms with Gasteiger partial charge in [-0.05, 0) is 36.0 Å². The summed E-state index contributed by atoms with van der Waals surface area (Å²) in [5.74, 6) is 0.684. The molecular formula is C17H19N3O. The van der Waals surface area contributed by atoms with Crippen molar-refractivity contribution in [2.24, 2.45) is 11.3 Å². The maximum absolute atomic E-state index is 11.8. The summed E-state index contributed by atoms with van der Waals surface area (Å²) in [4.78, 5) is 16.2. The Balaban J connectivity index is 1.94. The molecule has 21 heavy (non-hydrogen) atoms. The third kappa shape index (κ3) is 2.56. The van der Waals surface area contributed by atoms with E-state index in [1.807, 2.05) is 18.5 Å². The van der Waals surface area contributed by atoms with Crippen molar-refractivity contribution in [3.63, 3.8) is 0 Å². The molecule has 1 aromatic carbocycles. The number of carbonyl (C=O) groups excluding carboxylic acids is 1. The molecule has 1 atom stereocenters. The van der Waals surface area contributed by atoms with Crippen LogP contribution in [0, 0.1) is 22.7 Å². The monoisotopic (exact) mass is 281 g/mol. The highest BCUT2D eigenvalue weighted by Crippen LogP contribution is 2.40. The van der Waals surface area contributed by atoms with Crippen molar-refractivity contribution in [1.82, 2.24) is 9.55 Å². The van der Waals surface area contributed by atoms with Crippen LogP contribution in [0.5, 0.6) is 0 Å². The summed E-state index contributed by atoms with van der Waals surface area (Å²) in [6.45, 7) is 5.26. The number of ketones is 1. The average molecular weight is 281 g/mol. The van der Waals surface area contributed by atoms with E-state index in [-0.39, 0.29) is 5.41 Å². The SMILES string of the molecule is CC1(C)CCC(=O)CC1Cn1cnc2ccc(C#N)cc21. The fourth-order valence-electron chi connectivity index (χ4n) is 3.14. The van der Waals surface area contributed by atoms with E-state index in [0.29, 0.717) is 30.1 Å². The summed E-state index contributed by atoms with van der Waals surface area (Å²) in [6, 6.07) is 7.70.